The zero-order chi connectivity index (χ0) is 18.5. The van der Waals surface area contributed by atoms with Gasteiger partial charge >= 0.3 is 0 Å². The van der Waals surface area contributed by atoms with E-state index in [0.717, 1.165) is 10.2 Å². The summed E-state index contributed by atoms with van der Waals surface area (Å²) in [6.07, 6.45) is 3.35. The number of carbonyl (C=O) groups is 1. The Bertz CT molecular complexity index is 1070. The molecule has 0 fully saturated rings. The third-order valence-electron chi connectivity index (χ3n) is 3.63. The summed E-state index contributed by atoms with van der Waals surface area (Å²) in [7, 11) is 1.51. The van der Waals surface area contributed by atoms with Gasteiger partial charge in [-0.3, -0.25) is 9.59 Å². The first-order valence-electron chi connectivity index (χ1n) is 7.78. The molecule has 0 bridgehead atoms. The summed E-state index contributed by atoms with van der Waals surface area (Å²) in [5.41, 5.74) is 3.33. The zero-order valence-electron chi connectivity index (χ0n) is 13.9. The van der Waals surface area contributed by atoms with E-state index in [2.05, 4.69) is 31.6 Å². The summed E-state index contributed by atoms with van der Waals surface area (Å²) < 4.78 is 1.84. The van der Waals surface area contributed by atoms with E-state index >= 15 is 0 Å². The van der Waals surface area contributed by atoms with Crippen molar-refractivity contribution in [2.24, 2.45) is 12.1 Å². The number of nitrogens with zero attached hydrogens (tertiary/aromatic N) is 3. The van der Waals surface area contributed by atoms with Crippen LogP contribution in [0.5, 0.6) is 0 Å². The van der Waals surface area contributed by atoms with Crippen molar-refractivity contribution in [1.29, 1.82) is 0 Å². The van der Waals surface area contributed by atoms with Crippen LogP contribution >= 0.6 is 15.9 Å². The first kappa shape index (κ1) is 17.8. The standard InChI is InChI=1S/C19H15BrN4O2/c1-24-19(26)16-10-6-5-9-15(16)17(23-24)18(25)22-21-12-14(20)11-13-7-3-2-4-8-13/h2-12H,1H3,(H,22,25)/b14-11-,21-12-. The smallest absolute Gasteiger partial charge is 0.267 e. The molecule has 0 saturated heterocycles. The van der Waals surface area contributed by atoms with E-state index in [0.29, 0.717) is 15.3 Å². The highest BCUT2D eigenvalue weighted by atomic mass is 79.9. The molecule has 0 saturated carbocycles. The van der Waals surface area contributed by atoms with Crippen LogP contribution in [0.15, 0.2) is 69.0 Å². The molecule has 6 nitrogen and oxygen atoms in total. The maximum absolute atomic E-state index is 12.4. The molecule has 0 aliphatic carbocycles. The molecule has 26 heavy (non-hydrogen) atoms. The normalized spacial score (nSPS) is 11.8. The van der Waals surface area contributed by atoms with Crippen LogP contribution in [0.25, 0.3) is 16.8 Å². The molecular weight excluding hydrogens is 396 g/mol. The lowest BCUT2D eigenvalue weighted by Crippen LogP contribution is -2.27. The van der Waals surface area contributed by atoms with Crippen molar-refractivity contribution in [2.45, 2.75) is 0 Å². The number of amides is 1. The van der Waals surface area contributed by atoms with Crippen LogP contribution in [0.3, 0.4) is 0 Å². The van der Waals surface area contributed by atoms with Gasteiger partial charge in [-0.1, -0.05) is 48.5 Å². The number of nitrogens with one attached hydrogen (secondary N) is 1. The van der Waals surface area contributed by atoms with E-state index in [1.807, 2.05) is 36.4 Å². The monoisotopic (exact) mass is 410 g/mol. The summed E-state index contributed by atoms with van der Waals surface area (Å²) in [5, 5.41) is 8.92. The molecule has 3 aromatic rings. The number of hydrogen-bond acceptors (Lipinski definition) is 4. The summed E-state index contributed by atoms with van der Waals surface area (Å²) >= 11 is 3.38. The Morgan fingerprint density at radius 1 is 1.12 bits per heavy atom. The van der Waals surface area contributed by atoms with Crippen molar-refractivity contribution in [2.75, 3.05) is 0 Å². The van der Waals surface area contributed by atoms with Crippen LogP contribution < -0.4 is 11.0 Å². The van der Waals surface area contributed by atoms with Gasteiger partial charge in [-0.05, 0) is 33.6 Å². The highest BCUT2D eigenvalue weighted by Crippen LogP contribution is 2.13. The summed E-state index contributed by atoms with van der Waals surface area (Å²) in [6, 6.07) is 16.6. The second kappa shape index (κ2) is 7.88. The average molecular weight is 411 g/mol. The number of hydrogen-bond donors (Lipinski definition) is 1. The number of benzene rings is 2. The van der Waals surface area contributed by atoms with Crippen LogP contribution in [0, 0.1) is 0 Å². The van der Waals surface area contributed by atoms with Gasteiger partial charge in [0.2, 0.25) is 0 Å². The molecule has 1 N–H and O–H groups in total. The number of fused-ring (bicyclic) bond motifs is 1. The maximum atomic E-state index is 12.4. The lowest BCUT2D eigenvalue weighted by atomic mass is 10.1. The number of hydrazone groups is 1. The Labute approximate surface area is 158 Å². The van der Waals surface area contributed by atoms with Gasteiger partial charge in [0.1, 0.15) is 0 Å². The van der Waals surface area contributed by atoms with Crippen LogP contribution in [0.4, 0.5) is 0 Å². The lowest BCUT2D eigenvalue weighted by molar-refractivity contribution is 0.0950. The fourth-order valence-electron chi connectivity index (χ4n) is 2.42. The van der Waals surface area contributed by atoms with Crippen LogP contribution in [0.1, 0.15) is 16.1 Å². The molecule has 1 aromatic heterocycles. The number of aryl methyl sites for hydroxylation is 1. The maximum Gasteiger partial charge on any atom is 0.292 e. The van der Waals surface area contributed by atoms with E-state index in [-0.39, 0.29) is 11.3 Å². The summed E-state index contributed by atoms with van der Waals surface area (Å²) in [6.45, 7) is 0. The van der Waals surface area contributed by atoms with Crippen molar-refractivity contribution >= 4 is 44.9 Å². The van der Waals surface area contributed by atoms with Gasteiger partial charge in [-0.25, -0.2) is 10.1 Å². The number of carbonyl (C=O) groups excluding carboxylic acids is 1. The van der Waals surface area contributed by atoms with Crippen molar-refractivity contribution in [3.05, 3.63) is 80.7 Å². The Kier molecular flexibility index (Phi) is 5.38. The quantitative estimate of drug-likeness (QED) is 0.530. The molecule has 0 spiro atoms. The number of allylic oxidation sites excluding steroid dienone is 1. The topological polar surface area (TPSA) is 76.3 Å². The van der Waals surface area contributed by atoms with Gasteiger partial charge in [0.05, 0.1) is 11.6 Å². The molecule has 130 valence electrons. The molecule has 7 heteroatoms. The first-order valence-corrected chi connectivity index (χ1v) is 8.57. The summed E-state index contributed by atoms with van der Waals surface area (Å²) in [5.74, 6) is -0.493. The Hall–Kier alpha value is -3.06. The molecule has 3 rings (SSSR count). The van der Waals surface area contributed by atoms with Gasteiger partial charge in [0.15, 0.2) is 5.69 Å². The van der Waals surface area contributed by atoms with Gasteiger partial charge in [0.25, 0.3) is 11.5 Å². The highest BCUT2D eigenvalue weighted by Gasteiger charge is 2.14. The van der Waals surface area contributed by atoms with Gasteiger partial charge < -0.3 is 0 Å². The SMILES string of the molecule is Cn1nc(C(=O)N/N=C\C(Br)=C\c2ccccc2)c2ccccc2c1=O. The van der Waals surface area contributed by atoms with E-state index in [1.165, 1.54) is 13.3 Å². The molecular formula is C19H15BrN4O2. The molecule has 0 aliphatic heterocycles. The Morgan fingerprint density at radius 2 is 1.77 bits per heavy atom. The zero-order valence-corrected chi connectivity index (χ0v) is 15.5. The molecule has 0 atom stereocenters. The van der Waals surface area contributed by atoms with Crippen LogP contribution in [-0.4, -0.2) is 21.9 Å². The predicted octanol–water partition coefficient (Wildman–Crippen LogP) is 3.09. The first-order chi connectivity index (χ1) is 12.6. The molecule has 2 aromatic carbocycles. The molecule has 1 amide bonds. The average Bonchev–Trinajstić information content (AvgIpc) is 2.65. The molecule has 1 heterocycles. The predicted molar refractivity (Wildman–Crippen MR) is 106 cm³/mol. The Balaban J connectivity index is 1.81. The largest absolute Gasteiger partial charge is 0.292 e. The number of rotatable bonds is 4. The lowest BCUT2D eigenvalue weighted by Gasteiger charge is -2.06. The van der Waals surface area contributed by atoms with E-state index in [4.69, 9.17) is 0 Å². The van der Waals surface area contributed by atoms with Gasteiger partial charge in [0, 0.05) is 16.9 Å². The minimum atomic E-state index is -0.493. The fraction of sp³-hybridized carbons (Fsp3) is 0.0526. The highest BCUT2D eigenvalue weighted by molar-refractivity contribution is 9.12. The summed E-state index contributed by atoms with van der Waals surface area (Å²) in [4.78, 5) is 24.5. The minimum Gasteiger partial charge on any atom is -0.267 e. The van der Waals surface area contributed by atoms with E-state index in [1.54, 1.807) is 24.3 Å². The minimum absolute atomic E-state index is 0.142. The van der Waals surface area contributed by atoms with Crippen molar-refractivity contribution in [3.63, 3.8) is 0 Å². The van der Waals surface area contributed by atoms with E-state index in [9.17, 15) is 9.59 Å². The van der Waals surface area contributed by atoms with Crippen molar-refractivity contribution in [1.82, 2.24) is 15.2 Å². The second-order valence-corrected chi connectivity index (χ2v) is 6.38. The van der Waals surface area contributed by atoms with Gasteiger partial charge in [-0.2, -0.15) is 10.2 Å². The Morgan fingerprint density at radius 3 is 2.50 bits per heavy atom. The molecule has 0 radical (unpaired) electrons. The van der Waals surface area contributed by atoms with Gasteiger partial charge in [-0.15, -0.1) is 0 Å². The number of aromatic nitrogens is 2. The van der Waals surface area contributed by atoms with Crippen molar-refractivity contribution in [3.8, 4) is 0 Å². The van der Waals surface area contributed by atoms with Crippen LogP contribution in [-0.2, 0) is 7.05 Å². The van der Waals surface area contributed by atoms with Crippen LogP contribution in [0.2, 0.25) is 0 Å². The van der Waals surface area contributed by atoms with E-state index < -0.39 is 5.91 Å². The third kappa shape index (κ3) is 3.94. The fourth-order valence-corrected chi connectivity index (χ4v) is 2.79. The number of halogens is 1. The molecule has 0 aliphatic rings. The molecule has 0 unspecified atom stereocenters. The second-order valence-electron chi connectivity index (χ2n) is 5.46. The van der Waals surface area contributed by atoms with Crippen molar-refractivity contribution < 1.29 is 4.79 Å². The third-order valence-corrected chi connectivity index (χ3v) is 4.06.